The van der Waals surface area contributed by atoms with Gasteiger partial charge in [-0.05, 0) is 18.9 Å². The average Bonchev–Trinajstić information content (AvgIpc) is 2.45. The maximum absolute atomic E-state index is 12.4. The Morgan fingerprint density at radius 2 is 2.10 bits per heavy atom. The van der Waals surface area contributed by atoms with Crippen LogP contribution in [0.25, 0.3) is 0 Å². The number of nitrogens with one attached hydrogen (secondary N) is 1. The molecular formula is C15H24ClN3O. The fraction of sp³-hybridized carbons (Fsp3) is 0.600. The van der Waals surface area contributed by atoms with Crippen molar-refractivity contribution in [3.63, 3.8) is 0 Å². The lowest BCUT2D eigenvalue weighted by Gasteiger charge is -2.18. The first kappa shape index (κ1) is 16.8. The predicted molar refractivity (Wildman–Crippen MR) is 84.5 cm³/mol. The van der Waals surface area contributed by atoms with Gasteiger partial charge in [0.1, 0.15) is 5.82 Å². The molecule has 1 amide bonds. The van der Waals surface area contributed by atoms with E-state index in [0.29, 0.717) is 16.4 Å². The van der Waals surface area contributed by atoms with E-state index >= 15 is 0 Å². The molecule has 0 aliphatic rings. The van der Waals surface area contributed by atoms with E-state index in [9.17, 15) is 4.79 Å². The summed E-state index contributed by atoms with van der Waals surface area (Å²) in [5.41, 5.74) is 0.513. The summed E-state index contributed by atoms with van der Waals surface area (Å²) in [5, 5.41) is 3.57. The molecule has 1 heterocycles. The number of aromatic nitrogens is 1. The quantitative estimate of drug-likeness (QED) is 0.742. The molecule has 1 aromatic rings. The molecule has 0 radical (unpaired) electrons. The molecule has 5 heteroatoms. The Morgan fingerprint density at radius 3 is 2.75 bits per heavy atom. The van der Waals surface area contributed by atoms with Crippen LogP contribution in [0.2, 0.25) is 5.02 Å². The third kappa shape index (κ3) is 5.00. The molecule has 0 fully saturated rings. The van der Waals surface area contributed by atoms with E-state index in [1.807, 2.05) is 7.05 Å². The van der Waals surface area contributed by atoms with Crippen molar-refractivity contribution in [1.82, 2.24) is 9.88 Å². The number of rotatable bonds is 8. The second kappa shape index (κ2) is 8.80. The molecule has 0 atom stereocenters. The van der Waals surface area contributed by atoms with E-state index in [0.717, 1.165) is 38.8 Å². The molecule has 4 nitrogen and oxygen atoms in total. The minimum Gasteiger partial charge on any atom is -0.370 e. The first-order chi connectivity index (χ1) is 9.60. The van der Waals surface area contributed by atoms with Crippen LogP contribution in [-0.2, 0) is 0 Å². The van der Waals surface area contributed by atoms with Crippen molar-refractivity contribution in [3.8, 4) is 0 Å². The van der Waals surface area contributed by atoms with Gasteiger partial charge in [0.05, 0.1) is 10.6 Å². The monoisotopic (exact) mass is 297 g/mol. The van der Waals surface area contributed by atoms with E-state index in [-0.39, 0.29) is 5.91 Å². The standard InChI is InChI=1S/C15H24ClN3O/c1-4-6-7-9-19(3)15(20)12-10-14(17-8-5-2)18-11-13(12)16/h10-11H,4-9H2,1-3H3,(H,17,18). The highest BCUT2D eigenvalue weighted by molar-refractivity contribution is 6.33. The van der Waals surface area contributed by atoms with Gasteiger partial charge >= 0.3 is 0 Å². The molecule has 112 valence electrons. The summed E-state index contributed by atoms with van der Waals surface area (Å²) >= 11 is 6.09. The third-order valence-corrected chi connectivity index (χ3v) is 3.39. The van der Waals surface area contributed by atoms with E-state index in [1.54, 1.807) is 11.0 Å². The number of anilines is 1. The highest BCUT2D eigenvalue weighted by atomic mass is 35.5. The molecule has 0 aromatic carbocycles. The topological polar surface area (TPSA) is 45.2 Å². The van der Waals surface area contributed by atoms with E-state index in [4.69, 9.17) is 11.6 Å². The van der Waals surface area contributed by atoms with Crippen LogP contribution >= 0.6 is 11.6 Å². The number of pyridine rings is 1. The van der Waals surface area contributed by atoms with Crippen LogP contribution in [0.1, 0.15) is 49.9 Å². The zero-order valence-electron chi connectivity index (χ0n) is 12.6. The molecule has 0 spiro atoms. The lowest BCUT2D eigenvalue weighted by molar-refractivity contribution is 0.0793. The molecule has 0 bridgehead atoms. The van der Waals surface area contributed by atoms with E-state index in [2.05, 4.69) is 24.1 Å². The number of carbonyl (C=O) groups is 1. The van der Waals surface area contributed by atoms with Crippen molar-refractivity contribution in [2.24, 2.45) is 0 Å². The van der Waals surface area contributed by atoms with Gasteiger partial charge in [-0.2, -0.15) is 0 Å². The Morgan fingerprint density at radius 1 is 1.35 bits per heavy atom. The van der Waals surface area contributed by atoms with Crippen LogP contribution in [0.15, 0.2) is 12.3 Å². The molecule has 1 aromatic heterocycles. The number of amides is 1. The summed E-state index contributed by atoms with van der Waals surface area (Å²) in [6.07, 6.45) is 5.83. The van der Waals surface area contributed by atoms with Gasteiger partial charge in [-0.25, -0.2) is 4.98 Å². The molecule has 0 unspecified atom stereocenters. The van der Waals surface area contributed by atoms with Gasteiger partial charge in [0, 0.05) is 26.3 Å². The van der Waals surface area contributed by atoms with Crippen LogP contribution in [0.3, 0.4) is 0 Å². The Bertz CT molecular complexity index is 437. The predicted octanol–water partition coefficient (Wildman–Crippen LogP) is 3.82. The second-order valence-electron chi connectivity index (χ2n) is 4.91. The van der Waals surface area contributed by atoms with Gasteiger partial charge in [0.15, 0.2) is 0 Å². The average molecular weight is 298 g/mol. The van der Waals surface area contributed by atoms with Crippen molar-refractivity contribution in [1.29, 1.82) is 0 Å². The SMILES string of the molecule is CCCCCN(C)C(=O)c1cc(NCCC)ncc1Cl. The van der Waals surface area contributed by atoms with Crippen molar-refractivity contribution >= 4 is 23.3 Å². The lowest BCUT2D eigenvalue weighted by Crippen LogP contribution is -2.28. The fourth-order valence-corrected chi connectivity index (χ4v) is 2.04. The number of nitrogens with zero attached hydrogens (tertiary/aromatic N) is 2. The van der Waals surface area contributed by atoms with Gasteiger partial charge in [-0.1, -0.05) is 38.3 Å². The molecular weight excluding hydrogens is 274 g/mol. The summed E-state index contributed by atoms with van der Waals surface area (Å²) < 4.78 is 0. The molecule has 0 aliphatic heterocycles. The normalized spacial score (nSPS) is 10.4. The van der Waals surface area contributed by atoms with Crippen LogP contribution in [0, 0.1) is 0 Å². The molecule has 0 saturated heterocycles. The lowest BCUT2D eigenvalue weighted by atomic mass is 10.2. The second-order valence-corrected chi connectivity index (χ2v) is 5.32. The molecule has 1 N–H and O–H groups in total. The molecule has 20 heavy (non-hydrogen) atoms. The largest absolute Gasteiger partial charge is 0.370 e. The zero-order chi connectivity index (χ0) is 15.0. The van der Waals surface area contributed by atoms with Crippen LogP contribution < -0.4 is 5.32 Å². The highest BCUT2D eigenvalue weighted by Crippen LogP contribution is 2.19. The fourth-order valence-electron chi connectivity index (χ4n) is 1.86. The van der Waals surface area contributed by atoms with Crippen LogP contribution in [0.5, 0.6) is 0 Å². The van der Waals surface area contributed by atoms with Crippen molar-refractivity contribution in [2.45, 2.75) is 39.5 Å². The van der Waals surface area contributed by atoms with Crippen molar-refractivity contribution in [3.05, 3.63) is 22.8 Å². The zero-order valence-corrected chi connectivity index (χ0v) is 13.3. The van der Waals surface area contributed by atoms with Gasteiger partial charge in [-0.15, -0.1) is 0 Å². The summed E-state index contributed by atoms with van der Waals surface area (Å²) in [7, 11) is 1.81. The van der Waals surface area contributed by atoms with E-state index < -0.39 is 0 Å². The Hall–Kier alpha value is -1.29. The number of hydrogen-bond donors (Lipinski definition) is 1. The van der Waals surface area contributed by atoms with Gasteiger partial charge < -0.3 is 10.2 Å². The third-order valence-electron chi connectivity index (χ3n) is 3.09. The first-order valence-corrected chi connectivity index (χ1v) is 7.62. The highest BCUT2D eigenvalue weighted by Gasteiger charge is 2.16. The summed E-state index contributed by atoms with van der Waals surface area (Å²) in [4.78, 5) is 18.3. The number of halogens is 1. The summed E-state index contributed by atoms with van der Waals surface area (Å²) in [5.74, 6) is 0.648. The van der Waals surface area contributed by atoms with Gasteiger partial charge in [-0.3, -0.25) is 4.79 Å². The number of unbranched alkanes of at least 4 members (excludes halogenated alkanes) is 2. The Balaban J connectivity index is 2.74. The molecule has 0 aliphatic carbocycles. The van der Waals surface area contributed by atoms with Gasteiger partial charge in [0.2, 0.25) is 0 Å². The van der Waals surface area contributed by atoms with E-state index in [1.165, 1.54) is 6.20 Å². The minimum atomic E-state index is -0.0481. The van der Waals surface area contributed by atoms with Crippen LogP contribution in [-0.4, -0.2) is 35.9 Å². The minimum absolute atomic E-state index is 0.0481. The van der Waals surface area contributed by atoms with Crippen molar-refractivity contribution in [2.75, 3.05) is 25.5 Å². The maximum atomic E-state index is 12.4. The number of carbonyl (C=O) groups excluding carboxylic acids is 1. The molecule has 0 saturated carbocycles. The first-order valence-electron chi connectivity index (χ1n) is 7.25. The molecule has 1 rings (SSSR count). The Kier molecular flexibility index (Phi) is 7.37. The van der Waals surface area contributed by atoms with Crippen LogP contribution in [0.4, 0.5) is 5.82 Å². The van der Waals surface area contributed by atoms with Gasteiger partial charge in [0.25, 0.3) is 5.91 Å². The Labute approximate surface area is 126 Å². The summed E-state index contributed by atoms with van der Waals surface area (Å²) in [6, 6.07) is 1.73. The number of hydrogen-bond acceptors (Lipinski definition) is 3. The summed E-state index contributed by atoms with van der Waals surface area (Å²) in [6.45, 7) is 5.81. The smallest absolute Gasteiger partial charge is 0.255 e. The maximum Gasteiger partial charge on any atom is 0.255 e. The van der Waals surface area contributed by atoms with Crippen molar-refractivity contribution < 1.29 is 4.79 Å².